The van der Waals surface area contributed by atoms with Crippen LogP contribution in [0.25, 0.3) is 0 Å². The molecule has 0 aromatic carbocycles. The van der Waals surface area contributed by atoms with Crippen LogP contribution in [0.3, 0.4) is 0 Å². The second-order valence-corrected chi connectivity index (χ2v) is 23.6. The molecule has 0 atom stereocenters. The molecule has 0 aromatic heterocycles. The Morgan fingerprint density at radius 2 is 1.03 bits per heavy atom. The number of halogens is 2. The quantitative estimate of drug-likeness (QED) is 0.303. The smallest absolute Gasteiger partial charge is 1.00 e. The molecule has 2 rings (SSSR count). The van der Waals surface area contributed by atoms with Crippen LogP contribution in [0.1, 0.15) is 107 Å². The van der Waals surface area contributed by atoms with Gasteiger partial charge in [-0.1, -0.05) is 93.9 Å². The first-order chi connectivity index (χ1) is 13.8. The molecule has 0 heterocycles. The summed E-state index contributed by atoms with van der Waals surface area (Å²) < 4.78 is 0. The van der Waals surface area contributed by atoms with Crippen LogP contribution in [0, 0.1) is 23.0 Å². The zero-order valence-corrected chi connectivity index (χ0v) is 28.7. The van der Waals surface area contributed by atoms with Gasteiger partial charge in [-0.05, 0) is 10.8 Å². The molecule has 0 saturated heterocycles. The Kier molecular flexibility index (Phi) is 22.0. The molecular formula is C28H48Cl2HfSi-2. The van der Waals surface area contributed by atoms with Crippen molar-refractivity contribution in [3.8, 4) is 0 Å². The van der Waals surface area contributed by atoms with Gasteiger partial charge in [0.1, 0.15) is 0 Å². The van der Waals surface area contributed by atoms with Crippen LogP contribution < -0.4 is 24.8 Å². The summed E-state index contributed by atoms with van der Waals surface area (Å²) in [5, 5.41) is 0. The summed E-state index contributed by atoms with van der Waals surface area (Å²) in [6.45, 7) is 22.8. The number of unbranched alkanes of at least 4 members (excludes halogenated alkanes) is 2. The van der Waals surface area contributed by atoms with Crippen molar-refractivity contribution in [3.05, 3.63) is 46.6 Å². The molecule has 2 aliphatic rings. The molecule has 0 bridgehead atoms. The second-order valence-electron chi connectivity index (χ2n) is 10.8. The van der Waals surface area contributed by atoms with E-state index in [4.69, 9.17) is 0 Å². The predicted octanol–water partition coefficient (Wildman–Crippen LogP) is 3.36. The van der Waals surface area contributed by atoms with Crippen molar-refractivity contribution in [3.63, 3.8) is 0 Å². The number of rotatable bonds is 6. The largest absolute Gasteiger partial charge is 1.00 e. The maximum Gasteiger partial charge on any atom is -1.00 e. The molecule has 0 amide bonds. The minimum Gasteiger partial charge on any atom is -1.00 e. The van der Waals surface area contributed by atoms with Gasteiger partial charge in [0.25, 0.3) is 0 Å². The summed E-state index contributed by atoms with van der Waals surface area (Å²) in [6, 6.07) is 0. The Labute approximate surface area is 229 Å². The van der Waals surface area contributed by atoms with Gasteiger partial charge in [-0.25, -0.2) is 23.3 Å². The summed E-state index contributed by atoms with van der Waals surface area (Å²) in [5.41, 5.74) is 6.88. The van der Waals surface area contributed by atoms with Crippen molar-refractivity contribution in [2.45, 2.75) is 120 Å². The van der Waals surface area contributed by atoms with E-state index >= 15 is 0 Å². The third-order valence-electron chi connectivity index (χ3n) is 5.23. The molecule has 0 saturated carbocycles. The zero-order chi connectivity index (χ0) is 23.4. The van der Waals surface area contributed by atoms with Crippen molar-refractivity contribution in [1.82, 2.24) is 0 Å². The number of allylic oxidation sites excluding steroid dienone is 8. The molecule has 4 heteroatoms. The summed E-state index contributed by atoms with van der Waals surface area (Å²) in [7, 11) is 0. The Hall–Kier alpha value is 0.627. The molecule has 0 fully saturated rings. The van der Waals surface area contributed by atoms with Gasteiger partial charge in [-0.2, -0.15) is 11.1 Å². The first-order valence-corrected chi connectivity index (χ1v) is 19.8. The van der Waals surface area contributed by atoms with Crippen molar-refractivity contribution in [2.75, 3.05) is 0 Å². The topological polar surface area (TPSA) is 0 Å². The van der Waals surface area contributed by atoms with Gasteiger partial charge < -0.3 is 24.8 Å². The Morgan fingerprint density at radius 3 is 1.22 bits per heavy atom. The van der Waals surface area contributed by atoms with Gasteiger partial charge in [0.05, 0.1) is 0 Å². The van der Waals surface area contributed by atoms with Crippen LogP contribution in [0.4, 0.5) is 0 Å². The van der Waals surface area contributed by atoms with Crippen LogP contribution >= 0.6 is 0 Å². The van der Waals surface area contributed by atoms with E-state index in [2.05, 4.69) is 92.8 Å². The van der Waals surface area contributed by atoms with E-state index in [1.54, 1.807) is 11.1 Å². The Balaban J connectivity index is -0.000000428. The first-order valence-electron chi connectivity index (χ1n) is 11.9. The Bertz CT molecular complexity index is 600. The van der Waals surface area contributed by atoms with E-state index in [9.17, 15) is 0 Å². The van der Waals surface area contributed by atoms with Crippen LogP contribution in [-0.4, -0.2) is 5.49 Å². The van der Waals surface area contributed by atoms with Crippen LogP contribution in [-0.2, 0) is 23.0 Å². The monoisotopic (exact) mass is 662 g/mol. The van der Waals surface area contributed by atoms with Crippen LogP contribution in [0.2, 0.25) is 13.1 Å². The maximum atomic E-state index is 3.47. The van der Waals surface area contributed by atoms with Gasteiger partial charge in [-0.15, -0.1) is 12.8 Å². The SMILES string of the molecule is CCCCC1=[C-]CC(C(C)(C)C)=C1.CCCCC1=[C-]CC(C(C)(C)C)=C1.C[Si](C)=[Hf+2].[Cl-].[Cl-]. The molecule has 2 aliphatic carbocycles. The van der Waals surface area contributed by atoms with Gasteiger partial charge in [0, 0.05) is 0 Å². The van der Waals surface area contributed by atoms with Gasteiger partial charge >= 0.3 is 41.6 Å². The average Bonchev–Trinajstić information content (AvgIpc) is 3.27. The zero-order valence-electron chi connectivity index (χ0n) is 22.6. The standard InChI is InChI=1S/2C13H21.C2H6Si.2ClH.Hf/c2*1-5-6-7-11-8-9-12(10-11)13(2,3)4;1-3-2;;;/h2*10H,5-7,9H2,1-4H3;1-2H3;2*1H;/q2*-1;;;;+2/p-2. The van der Waals surface area contributed by atoms with Crippen molar-refractivity contribution < 1.29 is 47.8 Å². The minimum atomic E-state index is 0. The fourth-order valence-electron chi connectivity index (χ4n) is 3.06. The van der Waals surface area contributed by atoms with Crippen LogP contribution in [0.15, 0.2) is 34.4 Å². The summed E-state index contributed by atoms with van der Waals surface area (Å²) >= 11 is 1.45. The number of hydrogen-bond acceptors (Lipinski definition) is 0. The molecule has 184 valence electrons. The van der Waals surface area contributed by atoms with E-state index < -0.39 is 0 Å². The van der Waals surface area contributed by atoms with Gasteiger partial charge in [0.15, 0.2) is 0 Å². The molecule has 0 N–H and O–H groups in total. The maximum absolute atomic E-state index is 3.47. The molecule has 0 aliphatic heterocycles. The van der Waals surface area contributed by atoms with Crippen molar-refractivity contribution >= 4 is 5.49 Å². The molecule has 0 nitrogen and oxygen atoms in total. The average molecular weight is 662 g/mol. The van der Waals surface area contributed by atoms with E-state index in [0.29, 0.717) is 10.8 Å². The summed E-state index contributed by atoms with van der Waals surface area (Å²) in [4.78, 5) is 0. The fraction of sp³-hybridized carbons (Fsp3) is 0.714. The number of hydrogen-bond donors (Lipinski definition) is 0. The predicted molar refractivity (Wildman–Crippen MR) is 134 cm³/mol. The first kappa shape index (κ1) is 37.2. The van der Waals surface area contributed by atoms with Gasteiger partial charge in [-0.3, -0.25) is 12.2 Å². The van der Waals surface area contributed by atoms with E-state index in [1.165, 1.54) is 72.7 Å². The molecule has 0 aromatic rings. The minimum absolute atomic E-state index is 0. The van der Waals surface area contributed by atoms with E-state index in [0.717, 1.165) is 12.8 Å². The molecule has 0 radical (unpaired) electrons. The molecule has 0 spiro atoms. The normalized spacial score (nSPS) is 14.9. The summed E-state index contributed by atoms with van der Waals surface area (Å²) in [5.74, 6) is 0. The van der Waals surface area contributed by atoms with Crippen molar-refractivity contribution in [2.24, 2.45) is 10.8 Å². The molecular weight excluding hydrogens is 614 g/mol. The Morgan fingerprint density at radius 1 is 0.750 bits per heavy atom. The van der Waals surface area contributed by atoms with Crippen LogP contribution in [0.5, 0.6) is 0 Å². The van der Waals surface area contributed by atoms with E-state index in [1.807, 2.05) is 0 Å². The third-order valence-corrected chi connectivity index (χ3v) is 5.23. The second kappa shape index (κ2) is 18.9. The fourth-order valence-corrected chi connectivity index (χ4v) is 3.06. The van der Waals surface area contributed by atoms with Gasteiger partial charge in [0.2, 0.25) is 0 Å². The van der Waals surface area contributed by atoms with E-state index in [-0.39, 0.29) is 30.3 Å². The third kappa shape index (κ3) is 18.0. The van der Waals surface area contributed by atoms with Crippen molar-refractivity contribution in [1.29, 1.82) is 0 Å². The summed E-state index contributed by atoms with van der Waals surface area (Å²) in [6.07, 6.45) is 21.4. The molecule has 0 unspecified atom stereocenters. The molecule has 32 heavy (non-hydrogen) atoms.